The Balaban J connectivity index is 2.73. The van der Waals surface area contributed by atoms with Crippen LogP contribution >= 0.6 is 11.6 Å². The van der Waals surface area contributed by atoms with Gasteiger partial charge < -0.3 is 5.73 Å². The summed E-state index contributed by atoms with van der Waals surface area (Å²) in [6, 6.07) is 4.44. The Morgan fingerprint density at radius 3 is 2.71 bits per heavy atom. The minimum absolute atomic E-state index is 0.0709. The minimum atomic E-state index is -0.763. The molecule has 5 heteroatoms. The van der Waals surface area contributed by atoms with E-state index >= 15 is 0 Å². The van der Waals surface area contributed by atoms with Gasteiger partial charge in [0, 0.05) is 6.54 Å². The third-order valence-electron chi connectivity index (χ3n) is 2.92. The molecular formula is C12H16ClFN2O. The number of benzene rings is 1. The van der Waals surface area contributed by atoms with E-state index in [1.807, 2.05) is 6.92 Å². The predicted octanol–water partition coefficient (Wildman–Crippen LogP) is 2.22. The van der Waals surface area contributed by atoms with Crippen LogP contribution in [0, 0.1) is 5.82 Å². The average Bonchev–Trinajstić information content (AvgIpc) is 2.30. The molecule has 1 aromatic rings. The van der Waals surface area contributed by atoms with Gasteiger partial charge in [0.1, 0.15) is 5.82 Å². The zero-order chi connectivity index (χ0) is 13.1. The van der Waals surface area contributed by atoms with Crippen molar-refractivity contribution in [1.82, 2.24) is 5.32 Å². The van der Waals surface area contributed by atoms with Gasteiger partial charge in [-0.25, -0.2) is 4.39 Å². The summed E-state index contributed by atoms with van der Waals surface area (Å²) in [6.07, 6.45) is 0.581. The SMILES string of the molecule is CCC(C)(NCc1ccc(F)c(Cl)c1)C(N)=O. The van der Waals surface area contributed by atoms with Crippen molar-refractivity contribution in [3.05, 3.63) is 34.6 Å². The second kappa shape index (κ2) is 5.47. The van der Waals surface area contributed by atoms with Crippen molar-refractivity contribution in [3.8, 4) is 0 Å². The molecule has 0 heterocycles. The first-order valence-corrected chi connectivity index (χ1v) is 5.75. The number of hydrogen-bond acceptors (Lipinski definition) is 2. The van der Waals surface area contributed by atoms with Crippen LogP contribution < -0.4 is 11.1 Å². The lowest BCUT2D eigenvalue weighted by atomic mass is 9.97. The Hall–Kier alpha value is -1.13. The third-order valence-corrected chi connectivity index (χ3v) is 3.21. The molecule has 3 nitrogen and oxygen atoms in total. The maximum atomic E-state index is 12.9. The van der Waals surface area contributed by atoms with Crippen molar-refractivity contribution in [2.24, 2.45) is 5.73 Å². The highest BCUT2D eigenvalue weighted by molar-refractivity contribution is 6.30. The summed E-state index contributed by atoms with van der Waals surface area (Å²) >= 11 is 5.67. The normalized spacial score (nSPS) is 14.4. The molecule has 3 N–H and O–H groups in total. The summed E-state index contributed by atoms with van der Waals surface area (Å²) < 4.78 is 12.9. The molecular weight excluding hydrogens is 243 g/mol. The lowest BCUT2D eigenvalue weighted by Crippen LogP contribution is -2.52. The molecule has 1 unspecified atom stereocenters. The second-order valence-corrected chi connectivity index (χ2v) is 4.56. The lowest BCUT2D eigenvalue weighted by Gasteiger charge is -2.26. The molecule has 94 valence electrons. The Kier molecular flexibility index (Phi) is 4.48. The van der Waals surface area contributed by atoms with E-state index in [0.717, 1.165) is 5.56 Å². The molecule has 0 saturated heterocycles. The van der Waals surface area contributed by atoms with Crippen LogP contribution in [0.2, 0.25) is 5.02 Å². The fourth-order valence-electron chi connectivity index (χ4n) is 1.33. The largest absolute Gasteiger partial charge is 0.368 e. The van der Waals surface area contributed by atoms with E-state index < -0.39 is 17.3 Å². The van der Waals surface area contributed by atoms with Crippen molar-refractivity contribution in [3.63, 3.8) is 0 Å². The summed E-state index contributed by atoms with van der Waals surface area (Å²) in [5.74, 6) is -0.864. The van der Waals surface area contributed by atoms with Gasteiger partial charge in [-0.1, -0.05) is 24.6 Å². The van der Waals surface area contributed by atoms with Gasteiger partial charge in [0.15, 0.2) is 0 Å². The van der Waals surface area contributed by atoms with Crippen LogP contribution in [0.25, 0.3) is 0 Å². The maximum absolute atomic E-state index is 12.9. The Morgan fingerprint density at radius 1 is 1.59 bits per heavy atom. The van der Waals surface area contributed by atoms with Crippen LogP contribution in [-0.4, -0.2) is 11.4 Å². The van der Waals surface area contributed by atoms with Crippen LogP contribution in [0.3, 0.4) is 0 Å². The van der Waals surface area contributed by atoms with E-state index in [2.05, 4.69) is 5.32 Å². The average molecular weight is 259 g/mol. The van der Waals surface area contributed by atoms with Gasteiger partial charge in [-0.15, -0.1) is 0 Å². The number of amides is 1. The summed E-state index contributed by atoms with van der Waals surface area (Å²) in [5.41, 5.74) is 5.35. The van der Waals surface area contributed by atoms with E-state index in [4.69, 9.17) is 17.3 Å². The van der Waals surface area contributed by atoms with Crippen molar-refractivity contribution < 1.29 is 9.18 Å². The number of carbonyl (C=O) groups is 1. The highest BCUT2D eigenvalue weighted by atomic mass is 35.5. The number of nitrogens with one attached hydrogen (secondary N) is 1. The predicted molar refractivity (Wildman–Crippen MR) is 66.1 cm³/mol. The molecule has 0 aliphatic rings. The smallest absolute Gasteiger partial charge is 0.237 e. The maximum Gasteiger partial charge on any atom is 0.237 e. The van der Waals surface area contributed by atoms with Gasteiger partial charge in [0.05, 0.1) is 10.6 Å². The van der Waals surface area contributed by atoms with Crippen LogP contribution in [0.5, 0.6) is 0 Å². The second-order valence-electron chi connectivity index (χ2n) is 4.15. The highest BCUT2D eigenvalue weighted by Crippen LogP contribution is 2.17. The van der Waals surface area contributed by atoms with Crippen LogP contribution in [0.15, 0.2) is 18.2 Å². The third kappa shape index (κ3) is 3.41. The molecule has 0 aliphatic carbocycles. The van der Waals surface area contributed by atoms with Crippen LogP contribution in [0.1, 0.15) is 25.8 Å². The van der Waals surface area contributed by atoms with E-state index in [1.165, 1.54) is 12.1 Å². The number of nitrogens with two attached hydrogens (primary N) is 1. The van der Waals surface area contributed by atoms with Gasteiger partial charge in [-0.05, 0) is 31.0 Å². The first-order chi connectivity index (χ1) is 7.89. The van der Waals surface area contributed by atoms with Crippen molar-refractivity contribution in [1.29, 1.82) is 0 Å². The molecule has 1 rings (SSSR count). The minimum Gasteiger partial charge on any atom is -0.368 e. The Morgan fingerprint density at radius 2 is 2.24 bits per heavy atom. The zero-order valence-corrected chi connectivity index (χ0v) is 10.6. The molecule has 0 aromatic heterocycles. The topological polar surface area (TPSA) is 55.1 Å². The van der Waals surface area contributed by atoms with Crippen LogP contribution in [0.4, 0.5) is 4.39 Å². The molecule has 1 atom stereocenters. The quantitative estimate of drug-likeness (QED) is 0.851. The van der Waals surface area contributed by atoms with E-state index in [-0.39, 0.29) is 5.02 Å². The number of halogens is 2. The molecule has 0 aliphatic heterocycles. The zero-order valence-electron chi connectivity index (χ0n) is 9.89. The van der Waals surface area contributed by atoms with Gasteiger partial charge >= 0.3 is 0 Å². The Bertz CT molecular complexity index is 425. The molecule has 1 amide bonds. The van der Waals surface area contributed by atoms with E-state index in [9.17, 15) is 9.18 Å². The summed E-state index contributed by atoms with van der Waals surface area (Å²) in [7, 11) is 0. The fraction of sp³-hybridized carbons (Fsp3) is 0.417. The Labute approximate surface area is 105 Å². The van der Waals surface area contributed by atoms with Crippen molar-refractivity contribution >= 4 is 17.5 Å². The number of hydrogen-bond donors (Lipinski definition) is 2. The van der Waals surface area contributed by atoms with Gasteiger partial charge in [0.25, 0.3) is 0 Å². The summed E-state index contributed by atoms with van der Waals surface area (Å²) in [4.78, 5) is 11.3. The summed E-state index contributed by atoms with van der Waals surface area (Å²) in [5, 5.41) is 3.12. The first kappa shape index (κ1) is 13.9. The van der Waals surface area contributed by atoms with Gasteiger partial charge in [-0.3, -0.25) is 10.1 Å². The van der Waals surface area contributed by atoms with Crippen molar-refractivity contribution in [2.75, 3.05) is 0 Å². The molecule has 0 radical (unpaired) electrons. The van der Waals surface area contributed by atoms with Crippen LogP contribution in [-0.2, 0) is 11.3 Å². The molecule has 17 heavy (non-hydrogen) atoms. The molecule has 0 spiro atoms. The molecule has 1 aromatic carbocycles. The van der Waals surface area contributed by atoms with Gasteiger partial charge in [0.2, 0.25) is 5.91 Å². The molecule has 0 bridgehead atoms. The molecule has 0 saturated carbocycles. The number of carbonyl (C=O) groups excluding carboxylic acids is 1. The summed E-state index contributed by atoms with van der Waals surface area (Å²) in [6.45, 7) is 4.02. The van der Waals surface area contributed by atoms with E-state index in [0.29, 0.717) is 13.0 Å². The van der Waals surface area contributed by atoms with Gasteiger partial charge in [-0.2, -0.15) is 0 Å². The van der Waals surface area contributed by atoms with Crippen molar-refractivity contribution in [2.45, 2.75) is 32.4 Å². The number of primary amides is 1. The first-order valence-electron chi connectivity index (χ1n) is 5.38. The monoisotopic (exact) mass is 258 g/mol. The standard InChI is InChI=1S/C12H16ClFN2O/c1-3-12(2,11(15)17)16-7-8-4-5-10(14)9(13)6-8/h4-6,16H,3,7H2,1-2H3,(H2,15,17). The fourth-order valence-corrected chi connectivity index (χ4v) is 1.54. The van der Waals surface area contributed by atoms with E-state index in [1.54, 1.807) is 13.0 Å². The molecule has 0 fully saturated rings. The lowest BCUT2D eigenvalue weighted by molar-refractivity contribution is -0.124. The number of rotatable bonds is 5. The highest BCUT2D eigenvalue weighted by Gasteiger charge is 2.27.